The normalized spacial score (nSPS) is 12.0. The van der Waals surface area contributed by atoms with Crippen LogP contribution in [-0.4, -0.2) is 5.78 Å². The molecule has 3 heteroatoms. The summed E-state index contributed by atoms with van der Waals surface area (Å²) in [6.07, 6.45) is 0.330. The predicted molar refractivity (Wildman–Crippen MR) is 48.0 cm³/mol. The average Bonchev–Trinajstić information content (AvgIpc) is 2.51. The Hall–Kier alpha value is -1.14. The Morgan fingerprint density at radius 2 is 2.58 bits per heavy atom. The van der Waals surface area contributed by atoms with E-state index in [1.165, 1.54) is 18.3 Å². The lowest BCUT2D eigenvalue weighted by Gasteiger charge is -2.01. The molecule has 0 aromatic carbocycles. The monoisotopic (exact) mass is 179 g/mol. The zero-order chi connectivity index (χ0) is 8.97. The Morgan fingerprint density at radius 3 is 3.00 bits per heavy atom. The van der Waals surface area contributed by atoms with Gasteiger partial charge in [0, 0.05) is 11.3 Å². The molecule has 0 aliphatic carbocycles. The Kier molecular flexibility index (Phi) is 3.01. The molecule has 0 N–H and O–H groups in total. The van der Waals surface area contributed by atoms with Crippen LogP contribution in [-0.2, 0) is 4.79 Å². The highest BCUT2D eigenvalue weighted by Crippen LogP contribution is 2.23. The standard InChI is InChI=1S/C9H9NOS/c1-7(11)5-8(6-10)9-3-2-4-12-9/h2-4,8H,5H2,1H3. The lowest BCUT2D eigenvalue weighted by molar-refractivity contribution is -0.117. The van der Waals surface area contributed by atoms with Crippen LogP contribution in [0.2, 0.25) is 0 Å². The molecule has 0 amide bonds. The van der Waals surface area contributed by atoms with E-state index in [2.05, 4.69) is 6.07 Å². The number of rotatable bonds is 3. The van der Waals surface area contributed by atoms with Crippen molar-refractivity contribution < 1.29 is 4.79 Å². The molecule has 2 nitrogen and oxygen atoms in total. The largest absolute Gasteiger partial charge is 0.300 e. The number of ketones is 1. The fraction of sp³-hybridized carbons (Fsp3) is 0.333. The van der Waals surface area contributed by atoms with Crippen molar-refractivity contribution in [3.8, 4) is 6.07 Å². The summed E-state index contributed by atoms with van der Waals surface area (Å²) in [5, 5.41) is 10.7. The fourth-order valence-corrected chi connectivity index (χ4v) is 1.76. The van der Waals surface area contributed by atoms with Crippen molar-refractivity contribution in [3.05, 3.63) is 22.4 Å². The molecular weight excluding hydrogens is 170 g/mol. The van der Waals surface area contributed by atoms with E-state index in [0.717, 1.165) is 4.88 Å². The van der Waals surface area contributed by atoms with Crippen LogP contribution in [0.1, 0.15) is 24.1 Å². The Labute approximate surface area is 75.5 Å². The summed E-state index contributed by atoms with van der Waals surface area (Å²) in [5.41, 5.74) is 0. The molecule has 62 valence electrons. The van der Waals surface area contributed by atoms with E-state index in [-0.39, 0.29) is 11.7 Å². The SMILES string of the molecule is CC(=O)CC(C#N)c1cccs1. The van der Waals surface area contributed by atoms with Gasteiger partial charge in [0.05, 0.1) is 12.0 Å². The first-order valence-corrected chi connectivity index (χ1v) is 4.54. The van der Waals surface area contributed by atoms with Crippen molar-refractivity contribution in [1.82, 2.24) is 0 Å². The number of nitrogens with zero attached hydrogens (tertiary/aromatic N) is 1. The van der Waals surface area contributed by atoms with Crippen molar-refractivity contribution >= 4 is 17.1 Å². The van der Waals surface area contributed by atoms with Crippen LogP contribution >= 0.6 is 11.3 Å². The van der Waals surface area contributed by atoms with Gasteiger partial charge in [-0.05, 0) is 18.4 Å². The zero-order valence-electron chi connectivity index (χ0n) is 6.78. The van der Waals surface area contributed by atoms with Gasteiger partial charge in [-0.15, -0.1) is 11.3 Å². The van der Waals surface area contributed by atoms with Crippen molar-refractivity contribution in [3.63, 3.8) is 0 Å². The predicted octanol–water partition coefficient (Wildman–Crippen LogP) is 2.33. The molecule has 1 unspecified atom stereocenters. The van der Waals surface area contributed by atoms with Crippen molar-refractivity contribution in [2.75, 3.05) is 0 Å². The number of nitriles is 1. The molecule has 0 aliphatic rings. The highest BCUT2D eigenvalue weighted by molar-refractivity contribution is 7.10. The van der Waals surface area contributed by atoms with Crippen LogP contribution in [0.25, 0.3) is 0 Å². The molecule has 0 fully saturated rings. The second-order valence-corrected chi connectivity index (χ2v) is 3.58. The Balaban J connectivity index is 2.72. The van der Waals surface area contributed by atoms with Crippen LogP contribution in [0.4, 0.5) is 0 Å². The van der Waals surface area contributed by atoms with Gasteiger partial charge in [-0.1, -0.05) is 6.07 Å². The second kappa shape index (κ2) is 4.03. The topological polar surface area (TPSA) is 40.9 Å². The van der Waals surface area contributed by atoms with E-state index in [0.29, 0.717) is 6.42 Å². The van der Waals surface area contributed by atoms with Crippen molar-refractivity contribution in [2.45, 2.75) is 19.3 Å². The average molecular weight is 179 g/mol. The van der Waals surface area contributed by atoms with E-state index >= 15 is 0 Å². The Bertz CT molecular complexity index is 297. The minimum atomic E-state index is -0.248. The van der Waals surface area contributed by atoms with Gasteiger partial charge in [0.15, 0.2) is 0 Å². The number of hydrogen-bond donors (Lipinski definition) is 0. The number of carbonyl (C=O) groups excluding carboxylic acids is 1. The summed E-state index contributed by atoms with van der Waals surface area (Å²) in [5.74, 6) is -0.183. The van der Waals surface area contributed by atoms with Gasteiger partial charge in [0.1, 0.15) is 5.78 Å². The molecule has 0 bridgehead atoms. The third-order valence-corrected chi connectivity index (χ3v) is 2.52. The van der Waals surface area contributed by atoms with E-state index in [4.69, 9.17) is 5.26 Å². The van der Waals surface area contributed by atoms with Gasteiger partial charge >= 0.3 is 0 Å². The third-order valence-electron chi connectivity index (χ3n) is 1.53. The van der Waals surface area contributed by atoms with Crippen molar-refractivity contribution in [2.24, 2.45) is 0 Å². The van der Waals surface area contributed by atoms with Gasteiger partial charge in [-0.3, -0.25) is 4.79 Å². The van der Waals surface area contributed by atoms with Gasteiger partial charge in [0.25, 0.3) is 0 Å². The molecule has 1 atom stereocenters. The number of hydrogen-bond acceptors (Lipinski definition) is 3. The number of thiophene rings is 1. The molecule has 0 radical (unpaired) electrons. The van der Waals surface area contributed by atoms with E-state index in [1.54, 1.807) is 0 Å². The molecule has 0 aliphatic heterocycles. The number of Topliss-reactive ketones (excluding diaryl/α,β-unsaturated/α-hetero) is 1. The fourth-order valence-electron chi connectivity index (χ4n) is 0.987. The molecule has 12 heavy (non-hydrogen) atoms. The van der Waals surface area contributed by atoms with Crippen LogP contribution in [0.5, 0.6) is 0 Å². The highest BCUT2D eigenvalue weighted by Gasteiger charge is 2.13. The van der Waals surface area contributed by atoms with Gasteiger partial charge in [-0.25, -0.2) is 0 Å². The van der Waals surface area contributed by atoms with Crippen LogP contribution in [0.15, 0.2) is 17.5 Å². The van der Waals surface area contributed by atoms with E-state index in [1.807, 2.05) is 17.5 Å². The van der Waals surface area contributed by atoms with E-state index < -0.39 is 0 Å². The quantitative estimate of drug-likeness (QED) is 0.714. The van der Waals surface area contributed by atoms with Gasteiger partial charge < -0.3 is 0 Å². The summed E-state index contributed by atoms with van der Waals surface area (Å²) in [4.78, 5) is 11.7. The Morgan fingerprint density at radius 1 is 1.83 bits per heavy atom. The molecule has 0 saturated heterocycles. The molecule has 0 spiro atoms. The maximum absolute atomic E-state index is 10.8. The minimum absolute atomic E-state index is 0.0648. The second-order valence-electron chi connectivity index (χ2n) is 2.60. The van der Waals surface area contributed by atoms with Crippen LogP contribution < -0.4 is 0 Å². The smallest absolute Gasteiger partial charge is 0.131 e. The molecular formula is C9H9NOS. The number of carbonyl (C=O) groups is 1. The molecule has 1 rings (SSSR count). The first-order chi connectivity index (χ1) is 5.74. The third kappa shape index (κ3) is 2.18. The van der Waals surface area contributed by atoms with Crippen molar-refractivity contribution in [1.29, 1.82) is 5.26 Å². The van der Waals surface area contributed by atoms with Gasteiger partial charge in [-0.2, -0.15) is 5.26 Å². The summed E-state index contributed by atoms with van der Waals surface area (Å²) < 4.78 is 0. The summed E-state index contributed by atoms with van der Waals surface area (Å²) >= 11 is 1.52. The maximum Gasteiger partial charge on any atom is 0.131 e. The first kappa shape index (κ1) is 8.95. The van der Waals surface area contributed by atoms with Crippen LogP contribution in [0, 0.1) is 11.3 Å². The maximum atomic E-state index is 10.8. The summed E-state index contributed by atoms with van der Waals surface area (Å²) in [6, 6.07) is 5.91. The molecule has 0 saturated carbocycles. The van der Waals surface area contributed by atoms with Crippen LogP contribution in [0.3, 0.4) is 0 Å². The summed E-state index contributed by atoms with van der Waals surface area (Å²) in [6.45, 7) is 1.51. The molecule has 1 aromatic heterocycles. The highest BCUT2D eigenvalue weighted by atomic mass is 32.1. The first-order valence-electron chi connectivity index (χ1n) is 3.66. The molecule has 1 heterocycles. The molecule has 1 aromatic rings. The van der Waals surface area contributed by atoms with E-state index in [9.17, 15) is 4.79 Å². The lowest BCUT2D eigenvalue weighted by Crippen LogP contribution is -1.99. The minimum Gasteiger partial charge on any atom is -0.300 e. The van der Waals surface area contributed by atoms with Gasteiger partial charge in [0.2, 0.25) is 0 Å². The lowest BCUT2D eigenvalue weighted by atomic mass is 10.0. The zero-order valence-corrected chi connectivity index (χ0v) is 7.60. The summed E-state index contributed by atoms with van der Waals surface area (Å²) in [7, 11) is 0.